The van der Waals surface area contributed by atoms with E-state index in [1.165, 1.54) is 4.57 Å². The van der Waals surface area contributed by atoms with Gasteiger partial charge in [0.15, 0.2) is 5.78 Å². The minimum atomic E-state index is -0.456. The van der Waals surface area contributed by atoms with Gasteiger partial charge in [0.25, 0.3) is 0 Å². The lowest BCUT2D eigenvalue weighted by molar-refractivity contribution is 0.0525. The number of Topliss-reactive ketones (excluding diaryl/α,β-unsaturated/α-hetero) is 1. The van der Waals surface area contributed by atoms with Crippen LogP contribution in [0.4, 0.5) is 0 Å². The molecule has 3 rings (SSSR count). The Morgan fingerprint density at radius 1 is 1.07 bits per heavy atom. The summed E-state index contributed by atoms with van der Waals surface area (Å²) in [4.78, 5) is 40.8. The van der Waals surface area contributed by atoms with Crippen LogP contribution in [0.5, 0.6) is 0 Å². The number of imidazole rings is 1. The maximum atomic E-state index is 12.9. The highest BCUT2D eigenvalue weighted by atomic mass is 16.5. The molecule has 0 fully saturated rings. The molecular weight excluding hydrogens is 346 g/mol. The first-order valence-electron chi connectivity index (χ1n) is 8.98. The summed E-state index contributed by atoms with van der Waals surface area (Å²) in [7, 11) is 0. The van der Waals surface area contributed by atoms with Crippen LogP contribution in [0.1, 0.15) is 46.0 Å². The van der Waals surface area contributed by atoms with Crippen LogP contribution in [-0.4, -0.2) is 32.5 Å². The maximum Gasteiger partial charge on any atom is 0.340 e. The van der Waals surface area contributed by atoms with Gasteiger partial charge < -0.3 is 9.72 Å². The molecule has 3 aromatic rings. The van der Waals surface area contributed by atoms with Crippen LogP contribution in [0.3, 0.4) is 0 Å². The van der Waals surface area contributed by atoms with Gasteiger partial charge in [0.05, 0.1) is 35.4 Å². The van der Waals surface area contributed by atoms with Gasteiger partial charge in [-0.05, 0) is 45.4 Å². The number of nitrogens with zero attached hydrogens (tertiary/aromatic N) is 2. The second-order valence-electron chi connectivity index (χ2n) is 6.37. The lowest BCUT2D eigenvalue weighted by Crippen LogP contribution is -2.27. The molecule has 0 aliphatic heterocycles. The number of ketones is 1. The number of para-hydroxylation sites is 2. The summed E-state index contributed by atoms with van der Waals surface area (Å²) in [6.45, 7) is 7.75. The molecule has 0 unspecified atom stereocenters. The number of fused-ring (bicyclic) bond motifs is 1. The molecule has 0 saturated carbocycles. The molecule has 0 aliphatic carbocycles. The van der Waals surface area contributed by atoms with Gasteiger partial charge in [-0.1, -0.05) is 12.1 Å². The molecule has 0 spiro atoms. The van der Waals surface area contributed by atoms with E-state index in [1.807, 2.05) is 31.2 Å². The molecule has 0 amide bonds. The monoisotopic (exact) mass is 369 g/mol. The number of esters is 1. The van der Waals surface area contributed by atoms with Gasteiger partial charge >= 0.3 is 11.7 Å². The van der Waals surface area contributed by atoms with Crippen molar-refractivity contribution in [3.8, 4) is 0 Å². The number of hydrogen-bond donors (Lipinski definition) is 1. The number of nitrogens with one attached hydrogen (secondary N) is 1. The summed E-state index contributed by atoms with van der Waals surface area (Å²) < 4.78 is 8.18. The molecule has 142 valence electrons. The Morgan fingerprint density at radius 3 is 2.30 bits per heavy atom. The van der Waals surface area contributed by atoms with Gasteiger partial charge in [-0.25, -0.2) is 9.59 Å². The van der Waals surface area contributed by atoms with Crippen LogP contribution < -0.4 is 5.69 Å². The Balaban J connectivity index is 2.02. The lowest BCUT2D eigenvalue weighted by atomic mass is 10.1. The summed E-state index contributed by atoms with van der Waals surface area (Å²) in [5, 5.41) is 0. The molecule has 2 aromatic heterocycles. The van der Waals surface area contributed by atoms with Gasteiger partial charge in [-0.2, -0.15) is 0 Å². The fourth-order valence-corrected chi connectivity index (χ4v) is 3.49. The van der Waals surface area contributed by atoms with Crippen molar-refractivity contribution >= 4 is 22.8 Å². The molecule has 0 saturated heterocycles. The molecule has 0 radical (unpaired) electrons. The maximum absolute atomic E-state index is 12.9. The van der Waals surface area contributed by atoms with Crippen molar-refractivity contribution in [2.45, 2.75) is 40.8 Å². The van der Waals surface area contributed by atoms with Crippen LogP contribution in [0.2, 0.25) is 0 Å². The minimum Gasteiger partial charge on any atom is -0.462 e. The van der Waals surface area contributed by atoms with Gasteiger partial charge in [-0.15, -0.1) is 0 Å². The molecular formula is C20H23N3O4. The van der Waals surface area contributed by atoms with E-state index in [-0.39, 0.29) is 24.6 Å². The number of carbonyl (C=O) groups is 2. The third kappa shape index (κ3) is 3.09. The van der Waals surface area contributed by atoms with Crippen molar-refractivity contribution in [3.05, 3.63) is 57.3 Å². The zero-order chi connectivity index (χ0) is 19.7. The highest BCUT2D eigenvalue weighted by Gasteiger charge is 2.24. The Morgan fingerprint density at radius 2 is 1.70 bits per heavy atom. The Bertz CT molecular complexity index is 1080. The number of rotatable bonds is 6. The van der Waals surface area contributed by atoms with Crippen LogP contribution in [0.25, 0.3) is 11.0 Å². The second-order valence-corrected chi connectivity index (χ2v) is 6.37. The van der Waals surface area contributed by atoms with Crippen molar-refractivity contribution in [2.75, 3.05) is 6.61 Å². The molecule has 7 nitrogen and oxygen atoms in total. The van der Waals surface area contributed by atoms with Gasteiger partial charge in [0, 0.05) is 12.2 Å². The molecule has 0 bridgehead atoms. The summed E-state index contributed by atoms with van der Waals surface area (Å²) in [6.07, 6.45) is 0. The number of aromatic amines is 1. The van der Waals surface area contributed by atoms with Crippen LogP contribution in [-0.2, 0) is 17.8 Å². The number of ether oxygens (including phenoxy) is 1. The largest absolute Gasteiger partial charge is 0.462 e. The van der Waals surface area contributed by atoms with E-state index in [1.54, 1.807) is 25.3 Å². The van der Waals surface area contributed by atoms with Crippen LogP contribution in [0.15, 0.2) is 29.1 Å². The van der Waals surface area contributed by atoms with Crippen molar-refractivity contribution in [1.29, 1.82) is 0 Å². The Kier molecular flexibility index (Phi) is 5.03. The molecule has 27 heavy (non-hydrogen) atoms. The van der Waals surface area contributed by atoms with E-state index >= 15 is 0 Å². The SMILES string of the molecule is CCOC(=O)c1c(C)[nH]c(C(=O)Cn2c(=O)n(CC)c3ccccc32)c1C. The highest BCUT2D eigenvalue weighted by Crippen LogP contribution is 2.21. The van der Waals surface area contributed by atoms with E-state index in [0.717, 1.165) is 5.52 Å². The molecule has 1 aromatic carbocycles. The number of carbonyl (C=O) groups excluding carboxylic acids is 2. The van der Waals surface area contributed by atoms with E-state index in [2.05, 4.69) is 4.98 Å². The molecule has 2 heterocycles. The summed E-state index contributed by atoms with van der Waals surface area (Å²) in [6, 6.07) is 7.40. The molecule has 7 heteroatoms. The number of aryl methyl sites for hydroxylation is 2. The van der Waals surface area contributed by atoms with Crippen molar-refractivity contribution in [2.24, 2.45) is 0 Å². The van der Waals surface area contributed by atoms with Crippen LogP contribution in [0, 0.1) is 13.8 Å². The normalized spacial score (nSPS) is 11.1. The van der Waals surface area contributed by atoms with Gasteiger partial charge in [-0.3, -0.25) is 13.9 Å². The van der Waals surface area contributed by atoms with Crippen molar-refractivity contribution < 1.29 is 14.3 Å². The summed E-state index contributed by atoms with van der Waals surface area (Å²) in [5.41, 5.74) is 3.12. The lowest BCUT2D eigenvalue weighted by Gasteiger charge is -2.04. The zero-order valence-electron chi connectivity index (χ0n) is 16.0. The van der Waals surface area contributed by atoms with Gasteiger partial charge in [0.2, 0.25) is 0 Å². The fraction of sp³-hybridized carbons (Fsp3) is 0.350. The van der Waals surface area contributed by atoms with E-state index in [9.17, 15) is 14.4 Å². The molecule has 0 aliphatic rings. The van der Waals surface area contributed by atoms with Gasteiger partial charge in [0.1, 0.15) is 0 Å². The standard InChI is InChI=1S/C20H23N3O4/c1-5-22-14-9-7-8-10-15(14)23(20(22)26)11-16(24)18-12(3)17(13(4)21-18)19(25)27-6-2/h7-10,21H,5-6,11H2,1-4H3. The van der Waals surface area contributed by atoms with E-state index in [0.29, 0.717) is 34.6 Å². The van der Waals surface area contributed by atoms with Crippen molar-refractivity contribution in [3.63, 3.8) is 0 Å². The predicted octanol–water partition coefficient (Wildman–Crippen LogP) is 2.83. The first-order valence-corrected chi connectivity index (χ1v) is 8.98. The van der Waals surface area contributed by atoms with Crippen LogP contribution >= 0.6 is 0 Å². The topological polar surface area (TPSA) is 86.1 Å². The summed E-state index contributed by atoms with van der Waals surface area (Å²) in [5.74, 6) is -0.713. The smallest absolute Gasteiger partial charge is 0.340 e. The zero-order valence-corrected chi connectivity index (χ0v) is 16.0. The molecule has 1 N–H and O–H groups in total. The number of benzene rings is 1. The molecule has 0 atom stereocenters. The third-order valence-corrected chi connectivity index (χ3v) is 4.74. The average molecular weight is 369 g/mol. The third-order valence-electron chi connectivity index (χ3n) is 4.74. The first-order chi connectivity index (χ1) is 12.9. The van der Waals surface area contributed by atoms with E-state index < -0.39 is 5.97 Å². The second kappa shape index (κ2) is 7.26. The predicted molar refractivity (Wildman–Crippen MR) is 102 cm³/mol. The highest BCUT2D eigenvalue weighted by molar-refractivity contribution is 6.01. The minimum absolute atomic E-state index is 0.102. The quantitative estimate of drug-likeness (QED) is 0.535. The van der Waals surface area contributed by atoms with E-state index in [4.69, 9.17) is 4.74 Å². The van der Waals surface area contributed by atoms with Crippen molar-refractivity contribution in [1.82, 2.24) is 14.1 Å². The fourth-order valence-electron chi connectivity index (χ4n) is 3.49. The number of hydrogen-bond acceptors (Lipinski definition) is 4. The summed E-state index contributed by atoms with van der Waals surface area (Å²) >= 11 is 0. The average Bonchev–Trinajstić information content (AvgIpc) is 3.09. The number of aromatic nitrogens is 3. The number of H-pyrrole nitrogens is 1. The Labute approximate surface area is 156 Å². The Hall–Kier alpha value is -3.09. The first kappa shape index (κ1) is 18.7.